The molecule has 0 saturated carbocycles. The number of rotatable bonds is 9. The van der Waals surface area contributed by atoms with Crippen molar-refractivity contribution in [3.63, 3.8) is 0 Å². The van der Waals surface area contributed by atoms with Gasteiger partial charge in [0.1, 0.15) is 0 Å². The molecule has 4 nitrogen and oxygen atoms in total. The highest BCUT2D eigenvalue weighted by Crippen LogP contribution is 2.24. The van der Waals surface area contributed by atoms with Gasteiger partial charge >= 0.3 is 5.97 Å². The number of hydrogen-bond donors (Lipinski definition) is 1. The molecule has 0 aliphatic heterocycles. The van der Waals surface area contributed by atoms with Crippen LogP contribution >= 0.6 is 23.2 Å². The smallest absolute Gasteiger partial charge is 0.322 e. The molecule has 0 aliphatic carbocycles. The molecule has 140 valence electrons. The lowest BCUT2D eigenvalue weighted by Gasteiger charge is -2.13. The Bertz CT molecular complexity index is 851. The van der Waals surface area contributed by atoms with Crippen molar-refractivity contribution in [2.75, 3.05) is 0 Å². The number of unbranched alkanes of at least 4 members (excludes halogenated alkanes) is 2. The Morgan fingerprint density at radius 1 is 0.962 bits per heavy atom. The van der Waals surface area contributed by atoms with E-state index in [9.17, 15) is 18.3 Å². The number of carboxylic acids is 1. The van der Waals surface area contributed by atoms with Gasteiger partial charge in [-0.2, -0.15) is 0 Å². The van der Waals surface area contributed by atoms with E-state index in [2.05, 4.69) is 0 Å². The third-order valence-electron chi connectivity index (χ3n) is 4.14. The van der Waals surface area contributed by atoms with Gasteiger partial charge in [0.25, 0.3) is 0 Å². The van der Waals surface area contributed by atoms with Crippen LogP contribution in [0.4, 0.5) is 0 Å². The van der Waals surface area contributed by atoms with E-state index in [4.69, 9.17) is 23.2 Å². The Morgan fingerprint density at radius 3 is 2.27 bits per heavy atom. The second-order valence-corrected chi connectivity index (χ2v) is 8.98. The molecule has 2 aromatic rings. The molecule has 0 heterocycles. The standard InChI is InChI=1S/C19H20Cl2O4S/c20-16-12-11-14(13-17(16)21)7-3-1-6-10-18(19(22)23)26(24,25)15-8-4-2-5-9-15/h2,4-5,8-9,11-13,18H,1,3,6-7,10H2,(H,22,23). The van der Waals surface area contributed by atoms with E-state index >= 15 is 0 Å². The van der Waals surface area contributed by atoms with Crippen molar-refractivity contribution >= 4 is 39.0 Å². The van der Waals surface area contributed by atoms with Crippen molar-refractivity contribution in [3.8, 4) is 0 Å². The van der Waals surface area contributed by atoms with Crippen LogP contribution in [-0.2, 0) is 21.1 Å². The highest BCUT2D eigenvalue weighted by atomic mass is 35.5. The maximum Gasteiger partial charge on any atom is 0.322 e. The maximum absolute atomic E-state index is 12.5. The second-order valence-electron chi connectivity index (χ2n) is 6.03. The maximum atomic E-state index is 12.5. The summed E-state index contributed by atoms with van der Waals surface area (Å²) in [6, 6.07) is 13.2. The summed E-state index contributed by atoms with van der Waals surface area (Å²) in [6.45, 7) is 0. The van der Waals surface area contributed by atoms with Gasteiger partial charge in [0.05, 0.1) is 14.9 Å². The highest BCUT2D eigenvalue weighted by Gasteiger charge is 2.33. The van der Waals surface area contributed by atoms with Crippen molar-refractivity contribution in [3.05, 3.63) is 64.1 Å². The molecule has 26 heavy (non-hydrogen) atoms. The van der Waals surface area contributed by atoms with Crippen LogP contribution < -0.4 is 0 Å². The zero-order valence-electron chi connectivity index (χ0n) is 14.1. The zero-order valence-corrected chi connectivity index (χ0v) is 16.4. The van der Waals surface area contributed by atoms with Crippen molar-refractivity contribution in [2.45, 2.75) is 42.2 Å². The summed E-state index contributed by atoms with van der Waals surface area (Å²) < 4.78 is 25.0. The Balaban J connectivity index is 1.89. The largest absolute Gasteiger partial charge is 0.480 e. The molecule has 0 aliphatic rings. The molecular weight excluding hydrogens is 395 g/mol. The highest BCUT2D eigenvalue weighted by molar-refractivity contribution is 7.92. The van der Waals surface area contributed by atoms with E-state index in [1.165, 1.54) is 12.1 Å². The molecule has 0 radical (unpaired) electrons. The van der Waals surface area contributed by atoms with Crippen LogP contribution in [-0.4, -0.2) is 24.7 Å². The zero-order chi connectivity index (χ0) is 19.2. The molecule has 1 atom stereocenters. The lowest BCUT2D eigenvalue weighted by Crippen LogP contribution is -2.30. The van der Waals surface area contributed by atoms with E-state index < -0.39 is 21.1 Å². The predicted molar refractivity (Wildman–Crippen MR) is 104 cm³/mol. The molecule has 1 unspecified atom stereocenters. The summed E-state index contributed by atoms with van der Waals surface area (Å²) in [6.07, 6.45) is 2.93. The molecular formula is C19H20Cl2O4S. The van der Waals surface area contributed by atoms with Gasteiger partial charge in [-0.15, -0.1) is 0 Å². The lowest BCUT2D eigenvalue weighted by atomic mass is 10.1. The first-order valence-corrected chi connectivity index (χ1v) is 10.6. The number of aliphatic carboxylic acids is 1. The van der Waals surface area contributed by atoms with Gasteiger partial charge in [0.2, 0.25) is 0 Å². The summed E-state index contributed by atoms with van der Waals surface area (Å²) in [4.78, 5) is 11.5. The van der Waals surface area contributed by atoms with Gasteiger partial charge < -0.3 is 5.11 Å². The van der Waals surface area contributed by atoms with Gasteiger partial charge in [0, 0.05) is 0 Å². The fraction of sp³-hybridized carbons (Fsp3) is 0.316. The summed E-state index contributed by atoms with van der Waals surface area (Å²) in [5.41, 5.74) is 1.05. The molecule has 1 N–H and O–H groups in total. The van der Waals surface area contributed by atoms with Crippen molar-refractivity contribution in [1.29, 1.82) is 0 Å². The van der Waals surface area contributed by atoms with Gasteiger partial charge in [-0.25, -0.2) is 8.42 Å². The molecule has 2 aromatic carbocycles. The van der Waals surface area contributed by atoms with Crippen LogP contribution in [0.1, 0.15) is 31.2 Å². The minimum Gasteiger partial charge on any atom is -0.480 e. The molecule has 0 spiro atoms. The van der Waals surface area contributed by atoms with Gasteiger partial charge in [-0.1, -0.05) is 60.3 Å². The van der Waals surface area contributed by atoms with E-state index in [0.717, 1.165) is 24.8 Å². The van der Waals surface area contributed by atoms with Crippen LogP contribution in [0.15, 0.2) is 53.4 Å². The van der Waals surface area contributed by atoms with Gasteiger partial charge in [-0.3, -0.25) is 4.79 Å². The molecule has 0 aromatic heterocycles. The third-order valence-corrected chi connectivity index (χ3v) is 6.99. The molecule has 7 heteroatoms. The monoisotopic (exact) mass is 414 g/mol. The normalized spacial score (nSPS) is 12.7. The van der Waals surface area contributed by atoms with Crippen LogP contribution in [0.5, 0.6) is 0 Å². The third kappa shape index (κ3) is 5.47. The molecule has 0 fully saturated rings. The minimum atomic E-state index is -3.88. The number of benzene rings is 2. The summed E-state index contributed by atoms with van der Waals surface area (Å²) in [5.74, 6) is -1.31. The average molecular weight is 415 g/mol. The first kappa shape index (κ1) is 20.7. The summed E-state index contributed by atoms with van der Waals surface area (Å²) in [7, 11) is -3.88. The summed E-state index contributed by atoms with van der Waals surface area (Å²) >= 11 is 11.9. The molecule has 0 amide bonds. The van der Waals surface area contributed by atoms with Crippen LogP contribution in [0, 0.1) is 0 Å². The Hall–Kier alpha value is -1.56. The number of halogens is 2. The minimum absolute atomic E-state index is 0.0446. The van der Waals surface area contributed by atoms with Gasteiger partial charge in [-0.05, 0) is 49.1 Å². The number of aryl methyl sites for hydroxylation is 1. The lowest BCUT2D eigenvalue weighted by molar-refractivity contribution is -0.136. The van der Waals surface area contributed by atoms with Crippen LogP contribution in [0.25, 0.3) is 0 Å². The number of sulfone groups is 1. The summed E-state index contributed by atoms with van der Waals surface area (Å²) in [5, 5.41) is 8.94. The molecule has 0 bridgehead atoms. The predicted octanol–water partition coefficient (Wildman–Crippen LogP) is 5.02. The average Bonchev–Trinajstić information content (AvgIpc) is 2.61. The second kappa shape index (κ2) is 9.40. The van der Waals surface area contributed by atoms with Crippen molar-refractivity contribution in [1.82, 2.24) is 0 Å². The topological polar surface area (TPSA) is 71.4 Å². The fourth-order valence-electron chi connectivity index (χ4n) is 2.72. The van der Waals surface area contributed by atoms with E-state index in [1.807, 2.05) is 12.1 Å². The Labute approximate surface area is 163 Å². The number of hydrogen-bond acceptors (Lipinski definition) is 3. The van der Waals surface area contributed by atoms with E-state index in [1.54, 1.807) is 24.3 Å². The van der Waals surface area contributed by atoms with Gasteiger partial charge in [0.15, 0.2) is 15.1 Å². The Morgan fingerprint density at radius 2 is 1.65 bits per heavy atom. The van der Waals surface area contributed by atoms with Crippen LogP contribution in [0.3, 0.4) is 0 Å². The van der Waals surface area contributed by atoms with Crippen molar-refractivity contribution < 1.29 is 18.3 Å². The SMILES string of the molecule is O=C(O)C(CCCCCc1ccc(Cl)c(Cl)c1)S(=O)(=O)c1ccccc1. The fourth-order valence-corrected chi connectivity index (χ4v) is 4.64. The first-order valence-electron chi connectivity index (χ1n) is 8.28. The van der Waals surface area contributed by atoms with E-state index in [0.29, 0.717) is 16.5 Å². The number of carbonyl (C=O) groups is 1. The first-order chi connectivity index (χ1) is 12.3. The molecule has 0 saturated heterocycles. The molecule has 2 rings (SSSR count). The van der Waals surface area contributed by atoms with Crippen LogP contribution in [0.2, 0.25) is 10.0 Å². The number of carboxylic acid groups (broad SMARTS) is 1. The quantitative estimate of drug-likeness (QED) is 0.584. The van der Waals surface area contributed by atoms with Crippen molar-refractivity contribution in [2.24, 2.45) is 0 Å². The Kier molecular flexibility index (Phi) is 7.50. The van der Waals surface area contributed by atoms with E-state index in [-0.39, 0.29) is 11.3 Å².